The van der Waals surface area contributed by atoms with Crippen molar-refractivity contribution in [3.05, 3.63) is 35.6 Å². The van der Waals surface area contributed by atoms with E-state index in [1.807, 2.05) is 0 Å². The molecule has 5 nitrogen and oxygen atoms in total. The number of benzene rings is 1. The van der Waals surface area contributed by atoms with Gasteiger partial charge in [-0.05, 0) is 30.5 Å². The first kappa shape index (κ1) is 15.9. The minimum absolute atomic E-state index is 0.00638. The van der Waals surface area contributed by atoms with Gasteiger partial charge in [0.2, 0.25) is 11.8 Å². The largest absolute Gasteiger partial charge is 0.370 e. The number of hydrogen-bond donors (Lipinski definition) is 0. The van der Waals surface area contributed by atoms with Crippen LogP contribution in [0.15, 0.2) is 24.3 Å². The lowest BCUT2D eigenvalue weighted by molar-refractivity contribution is -0.148. The molecule has 2 aliphatic heterocycles. The monoisotopic (exact) mass is 320 g/mol. The molecule has 23 heavy (non-hydrogen) atoms. The average molecular weight is 320 g/mol. The molecular weight excluding hydrogens is 299 g/mol. The summed E-state index contributed by atoms with van der Waals surface area (Å²) in [7, 11) is 0. The third-order valence-electron chi connectivity index (χ3n) is 4.56. The van der Waals surface area contributed by atoms with Crippen molar-refractivity contribution in [2.75, 3.05) is 26.2 Å². The maximum absolute atomic E-state index is 13.0. The topological polar surface area (TPSA) is 49.9 Å². The smallest absolute Gasteiger partial charge is 0.245 e. The average Bonchev–Trinajstić information content (AvgIpc) is 3.05. The summed E-state index contributed by atoms with van der Waals surface area (Å²) in [6, 6.07) is 5.82. The zero-order valence-corrected chi connectivity index (χ0v) is 13.2. The summed E-state index contributed by atoms with van der Waals surface area (Å²) in [5.74, 6) is -0.349. The Morgan fingerprint density at radius 2 is 1.96 bits per heavy atom. The number of morpholine rings is 1. The number of rotatable bonds is 2. The molecule has 3 rings (SSSR count). The first-order valence-electron chi connectivity index (χ1n) is 7.99. The number of hydrogen-bond acceptors (Lipinski definition) is 3. The number of nitrogens with zero attached hydrogens (tertiary/aromatic N) is 2. The van der Waals surface area contributed by atoms with Crippen LogP contribution in [0.5, 0.6) is 0 Å². The first-order valence-corrected chi connectivity index (χ1v) is 7.99. The van der Waals surface area contributed by atoms with Crippen LogP contribution < -0.4 is 0 Å². The Kier molecular flexibility index (Phi) is 4.61. The number of halogens is 1. The van der Waals surface area contributed by atoms with Crippen LogP contribution in [0.25, 0.3) is 0 Å². The van der Waals surface area contributed by atoms with Crippen molar-refractivity contribution in [2.45, 2.75) is 31.9 Å². The SMILES string of the molecule is CC(=O)N1CCC[C@H]1C(=O)N1CCO[C@@H](c2ccc(F)cc2)C1. The van der Waals surface area contributed by atoms with Gasteiger partial charge in [-0.25, -0.2) is 4.39 Å². The Morgan fingerprint density at radius 3 is 2.65 bits per heavy atom. The van der Waals surface area contributed by atoms with Crippen LogP contribution in [0.3, 0.4) is 0 Å². The zero-order valence-electron chi connectivity index (χ0n) is 13.2. The lowest BCUT2D eigenvalue weighted by Gasteiger charge is -2.36. The van der Waals surface area contributed by atoms with E-state index in [0.717, 1.165) is 18.4 Å². The molecule has 0 saturated carbocycles. The van der Waals surface area contributed by atoms with E-state index in [0.29, 0.717) is 26.2 Å². The fourth-order valence-corrected chi connectivity index (χ4v) is 3.34. The predicted molar refractivity (Wildman–Crippen MR) is 82.1 cm³/mol. The molecule has 6 heteroatoms. The fourth-order valence-electron chi connectivity index (χ4n) is 3.34. The Balaban J connectivity index is 1.69. The van der Waals surface area contributed by atoms with Crippen molar-refractivity contribution in [3.8, 4) is 0 Å². The normalized spacial score (nSPS) is 24.8. The van der Waals surface area contributed by atoms with E-state index in [2.05, 4.69) is 0 Å². The lowest BCUT2D eigenvalue weighted by atomic mass is 10.1. The molecule has 0 unspecified atom stereocenters. The summed E-state index contributed by atoms with van der Waals surface area (Å²) < 4.78 is 18.8. The van der Waals surface area contributed by atoms with Gasteiger partial charge in [0.25, 0.3) is 0 Å². The molecular formula is C17H21FN2O3. The molecule has 0 spiro atoms. The number of carbonyl (C=O) groups excluding carboxylic acids is 2. The maximum Gasteiger partial charge on any atom is 0.245 e. The minimum atomic E-state index is -0.348. The third kappa shape index (κ3) is 3.37. The van der Waals surface area contributed by atoms with E-state index < -0.39 is 0 Å². The van der Waals surface area contributed by atoms with Crippen LogP contribution in [0, 0.1) is 5.82 Å². The van der Waals surface area contributed by atoms with Crippen molar-refractivity contribution in [2.24, 2.45) is 0 Å². The molecule has 2 amide bonds. The van der Waals surface area contributed by atoms with Crippen molar-refractivity contribution in [1.82, 2.24) is 9.80 Å². The third-order valence-corrected chi connectivity index (χ3v) is 4.56. The number of amides is 2. The molecule has 2 saturated heterocycles. The molecule has 0 bridgehead atoms. The zero-order chi connectivity index (χ0) is 16.4. The summed E-state index contributed by atoms with van der Waals surface area (Å²) in [5.41, 5.74) is 0.860. The van der Waals surface area contributed by atoms with Crippen molar-refractivity contribution in [3.63, 3.8) is 0 Å². The molecule has 1 aromatic rings. The summed E-state index contributed by atoms with van der Waals surface area (Å²) in [6.07, 6.45) is 1.33. The first-order chi connectivity index (χ1) is 11.1. The quantitative estimate of drug-likeness (QED) is 0.834. The van der Waals surface area contributed by atoms with Crippen molar-refractivity contribution < 1.29 is 18.7 Å². The molecule has 0 aromatic heterocycles. The molecule has 2 atom stereocenters. The molecule has 2 aliphatic rings. The van der Waals surface area contributed by atoms with E-state index in [1.54, 1.807) is 21.9 Å². The van der Waals surface area contributed by atoms with Gasteiger partial charge in [0, 0.05) is 20.0 Å². The summed E-state index contributed by atoms with van der Waals surface area (Å²) >= 11 is 0. The second-order valence-electron chi connectivity index (χ2n) is 6.07. The van der Waals surface area contributed by atoms with Crippen LogP contribution in [0.1, 0.15) is 31.4 Å². The lowest BCUT2D eigenvalue weighted by Crippen LogP contribution is -2.51. The van der Waals surface area contributed by atoms with Gasteiger partial charge in [-0.3, -0.25) is 9.59 Å². The Hall–Kier alpha value is -1.95. The van der Waals surface area contributed by atoms with Gasteiger partial charge in [0.15, 0.2) is 0 Å². The molecule has 2 fully saturated rings. The maximum atomic E-state index is 13.0. The Morgan fingerprint density at radius 1 is 1.22 bits per heavy atom. The molecule has 0 N–H and O–H groups in total. The number of ether oxygens (including phenoxy) is 1. The van der Waals surface area contributed by atoms with Gasteiger partial charge >= 0.3 is 0 Å². The van der Waals surface area contributed by atoms with E-state index in [4.69, 9.17) is 4.74 Å². The van der Waals surface area contributed by atoms with Gasteiger partial charge < -0.3 is 14.5 Å². The minimum Gasteiger partial charge on any atom is -0.370 e. The predicted octanol–water partition coefficient (Wildman–Crippen LogP) is 1.74. The molecule has 1 aromatic carbocycles. The Bertz CT molecular complexity index is 590. The van der Waals surface area contributed by atoms with Crippen molar-refractivity contribution >= 4 is 11.8 Å². The van der Waals surface area contributed by atoms with Gasteiger partial charge in [-0.1, -0.05) is 12.1 Å². The van der Waals surface area contributed by atoms with Crippen LogP contribution in [-0.2, 0) is 14.3 Å². The van der Waals surface area contributed by atoms with E-state index in [9.17, 15) is 14.0 Å². The highest BCUT2D eigenvalue weighted by Gasteiger charge is 2.37. The molecule has 0 aliphatic carbocycles. The molecule has 2 heterocycles. The van der Waals surface area contributed by atoms with Crippen LogP contribution in [-0.4, -0.2) is 53.9 Å². The number of carbonyl (C=O) groups is 2. The standard InChI is InChI=1S/C17H21FN2O3/c1-12(21)20-8-2-3-15(20)17(22)19-9-10-23-16(11-19)13-4-6-14(18)7-5-13/h4-7,15-16H,2-3,8-11H2,1H3/t15-,16+/m0/s1. The van der Waals surface area contributed by atoms with Crippen LogP contribution >= 0.6 is 0 Å². The van der Waals surface area contributed by atoms with Crippen molar-refractivity contribution in [1.29, 1.82) is 0 Å². The number of likely N-dealkylation sites (tertiary alicyclic amines) is 1. The van der Waals surface area contributed by atoms with Gasteiger partial charge in [0.1, 0.15) is 18.0 Å². The summed E-state index contributed by atoms with van der Waals surface area (Å²) in [5, 5.41) is 0. The van der Waals surface area contributed by atoms with Gasteiger partial charge in [-0.2, -0.15) is 0 Å². The van der Waals surface area contributed by atoms with E-state index in [1.165, 1.54) is 19.1 Å². The Labute approximate surface area is 135 Å². The van der Waals surface area contributed by atoms with Gasteiger partial charge in [-0.15, -0.1) is 0 Å². The van der Waals surface area contributed by atoms with Gasteiger partial charge in [0.05, 0.1) is 13.2 Å². The summed E-state index contributed by atoms with van der Waals surface area (Å²) in [6.45, 7) is 3.57. The van der Waals surface area contributed by atoms with E-state index >= 15 is 0 Å². The highest BCUT2D eigenvalue weighted by molar-refractivity contribution is 5.87. The molecule has 124 valence electrons. The van der Waals surface area contributed by atoms with E-state index in [-0.39, 0.29) is 29.8 Å². The fraction of sp³-hybridized carbons (Fsp3) is 0.529. The second kappa shape index (κ2) is 6.66. The second-order valence-corrected chi connectivity index (χ2v) is 6.07. The van der Waals surface area contributed by atoms with Crippen LogP contribution in [0.4, 0.5) is 4.39 Å². The highest BCUT2D eigenvalue weighted by Crippen LogP contribution is 2.25. The summed E-state index contributed by atoms with van der Waals surface area (Å²) in [4.78, 5) is 27.8. The van der Waals surface area contributed by atoms with Crippen LogP contribution in [0.2, 0.25) is 0 Å². The molecule has 0 radical (unpaired) electrons. The highest BCUT2D eigenvalue weighted by atomic mass is 19.1.